The van der Waals surface area contributed by atoms with Crippen LogP contribution in [0.3, 0.4) is 0 Å². The molecule has 2 N–H and O–H groups in total. The number of rotatable bonds is 5. The number of nitrogens with one attached hydrogen (secondary N) is 1. The average molecular weight is 351 g/mol. The Morgan fingerprint density at radius 2 is 2.05 bits per heavy atom. The van der Waals surface area contributed by atoms with Crippen LogP contribution in [0.4, 0.5) is 5.69 Å². The van der Waals surface area contributed by atoms with Crippen molar-refractivity contribution >= 4 is 21.6 Å². The largest absolute Gasteiger partial charge is 0.506 e. The summed E-state index contributed by atoms with van der Waals surface area (Å²) >= 11 is 3.27. The molecule has 0 saturated carbocycles. The number of hydrogen-bond donors (Lipinski definition) is 2. The van der Waals surface area contributed by atoms with E-state index in [2.05, 4.69) is 21.2 Å². The lowest BCUT2D eigenvalue weighted by molar-refractivity contribution is -0.384. The van der Waals surface area contributed by atoms with Gasteiger partial charge in [-0.25, -0.2) is 0 Å². The number of nitro benzene ring substituents is 1. The summed E-state index contributed by atoms with van der Waals surface area (Å²) in [6.45, 7) is 2.39. The van der Waals surface area contributed by atoms with Gasteiger partial charge in [0.2, 0.25) is 0 Å². The van der Waals surface area contributed by atoms with Crippen LogP contribution in [-0.2, 0) is 6.54 Å². The molecule has 2 aromatic carbocycles. The first-order valence-corrected chi connectivity index (χ1v) is 7.22. The highest BCUT2D eigenvalue weighted by atomic mass is 79.9. The minimum Gasteiger partial charge on any atom is -0.506 e. The zero-order valence-corrected chi connectivity index (χ0v) is 13.0. The van der Waals surface area contributed by atoms with Crippen molar-refractivity contribution in [3.05, 3.63) is 68.2 Å². The highest BCUT2D eigenvalue weighted by Crippen LogP contribution is 2.28. The molecule has 6 heteroatoms. The van der Waals surface area contributed by atoms with Crippen LogP contribution in [0, 0.1) is 10.1 Å². The molecule has 0 fully saturated rings. The van der Waals surface area contributed by atoms with E-state index in [0.717, 1.165) is 11.1 Å². The fraction of sp³-hybridized carbons (Fsp3) is 0.200. The van der Waals surface area contributed by atoms with E-state index >= 15 is 0 Å². The minimum absolute atomic E-state index is 0.0664. The lowest BCUT2D eigenvalue weighted by Crippen LogP contribution is -2.18. The van der Waals surface area contributed by atoms with Crippen molar-refractivity contribution in [2.24, 2.45) is 0 Å². The van der Waals surface area contributed by atoms with Gasteiger partial charge in [-0.15, -0.1) is 0 Å². The fourth-order valence-electron chi connectivity index (χ4n) is 1.99. The van der Waals surface area contributed by atoms with Gasteiger partial charge in [0.05, 0.1) is 9.40 Å². The Hall–Kier alpha value is -1.92. The number of phenols is 1. The quantitative estimate of drug-likeness (QED) is 0.633. The Bertz CT molecular complexity index is 661. The van der Waals surface area contributed by atoms with Crippen molar-refractivity contribution in [2.45, 2.75) is 19.5 Å². The first kappa shape index (κ1) is 15.5. The number of para-hydroxylation sites is 1. The molecule has 0 aromatic heterocycles. The summed E-state index contributed by atoms with van der Waals surface area (Å²) < 4.78 is 0.643. The molecule has 0 amide bonds. The highest BCUT2D eigenvalue weighted by Gasteiger charge is 2.12. The second kappa shape index (κ2) is 6.69. The van der Waals surface area contributed by atoms with Crippen molar-refractivity contribution < 1.29 is 10.0 Å². The Labute approximate surface area is 130 Å². The molecule has 0 radical (unpaired) electrons. The molecule has 0 aliphatic heterocycles. The second-order valence-corrected chi connectivity index (χ2v) is 5.56. The first-order valence-electron chi connectivity index (χ1n) is 6.43. The number of non-ortho nitro benzene ring substituents is 1. The summed E-state index contributed by atoms with van der Waals surface area (Å²) in [6.07, 6.45) is 0. The van der Waals surface area contributed by atoms with Crippen LogP contribution in [0.1, 0.15) is 24.1 Å². The van der Waals surface area contributed by atoms with E-state index in [0.29, 0.717) is 11.0 Å². The van der Waals surface area contributed by atoms with Crippen molar-refractivity contribution in [1.82, 2.24) is 5.32 Å². The lowest BCUT2D eigenvalue weighted by Gasteiger charge is -2.15. The number of aromatic hydroxyl groups is 1. The number of phenolic OH excluding ortho intramolecular Hbond substituents is 1. The molecule has 0 bridgehead atoms. The van der Waals surface area contributed by atoms with E-state index in [9.17, 15) is 15.2 Å². The van der Waals surface area contributed by atoms with Gasteiger partial charge in [-0.05, 0) is 34.5 Å². The predicted octanol–water partition coefficient (Wildman–Crippen LogP) is 3.91. The van der Waals surface area contributed by atoms with Gasteiger partial charge >= 0.3 is 0 Å². The molecule has 1 unspecified atom stereocenters. The third-order valence-electron chi connectivity index (χ3n) is 3.25. The van der Waals surface area contributed by atoms with Gasteiger partial charge in [-0.1, -0.05) is 24.3 Å². The summed E-state index contributed by atoms with van der Waals surface area (Å²) in [6, 6.07) is 11.9. The summed E-state index contributed by atoms with van der Waals surface area (Å²) in [7, 11) is 0. The maximum atomic E-state index is 10.8. The lowest BCUT2D eigenvalue weighted by atomic mass is 10.1. The molecule has 0 spiro atoms. The first-order chi connectivity index (χ1) is 9.99. The molecular weight excluding hydrogens is 336 g/mol. The number of benzene rings is 2. The standard InChI is InChI=1S/C15H15BrN2O3/c1-10(11-4-2-6-13(8-11)18(20)21)17-9-12-5-3-7-14(16)15(12)19/h2-8,10,17,19H,9H2,1H3. The van der Waals surface area contributed by atoms with Crippen LogP contribution < -0.4 is 5.32 Å². The van der Waals surface area contributed by atoms with Gasteiger partial charge in [-0.3, -0.25) is 10.1 Å². The molecule has 2 rings (SSSR count). The normalized spacial score (nSPS) is 12.1. The van der Waals surface area contributed by atoms with Crippen molar-refractivity contribution in [2.75, 3.05) is 0 Å². The van der Waals surface area contributed by atoms with Gasteiger partial charge < -0.3 is 10.4 Å². The monoisotopic (exact) mass is 350 g/mol. The number of nitro groups is 1. The number of nitrogens with zero attached hydrogens (tertiary/aromatic N) is 1. The van der Waals surface area contributed by atoms with E-state index in [4.69, 9.17) is 0 Å². The summed E-state index contributed by atoms with van der Waals surface area (Å²) in [4.78, 5) is 10.4. The van der Waals surface area contributed by atoms with Crippen molar-refractivity contribution in [3.63, 3.8) is 0 Å². The summed E-state index contributed by atoms with van der Waals surface area (Å²) in [5.41, 5.74) is 1.67. The van der Waals surface area contributed by atoms with Gasteiger partial charge in [0.1, 0.15) is 5.75 Å². The average Bonchev–Trinajstić information content (AvgIpc) is 2.48. The molecule has 110 valence electrons. The third kappa shape index (κ3) is 3.80. The summed E-state index contributed by atoms with van der Waals surface area (Å²) in [5, 5.41) is 24.0. The maximum absolute atomic E-state index is 10.8. The van der Waals surface area contributed by atoms with E-state index in [1.807, 2.05) is 25.1 Å². The van der Waals surface area contributed by atoms with Crippen LogP contribution in [0.5, 0.6) is 5.75 Å². The Morgan fingerprint density at radius 1 is 1.33 bits per heavy atom. The molecule has 5 nitrogen and oxygen atoms in total. The van der Waals surface area contributed by atoms with Gasteiger partial charge in [0, 0.05) is 30.3 Å². The van der Waals surface area contributed by atoms with Crippen molar-refractivity contribution in [3.8, 4) is 5.75 Å². The minimum atomic E-state index is -0.406. The fourth-order valence-corrected chi connectivity index (χ4v) is 2.40. The van der Waals surface area contributed by atoms with Crippen LogP contribution >= 0.6 is 15.9 Å². The molecular formula is C15H15BrN2O3. The molecule has 2 aromatic rings. The third-order valence-corrected chi connectivity index (χ3v) is 3.89. The van der Waals surface area contributed by atoms with E-state index in [1.165, 1.54) is 6.07 Å². The zero-order chi connectivity index (χ0) is 15.4. The molecule has 0 aliphatic rings. The molecule has 21 heavy (non-hydrogen) atoms. The van der Waals surface area contributed by atoms with Crippen LogP contribution in [-0.4, -0.2) is 10.0 Å². The van der Waals surface area contributed by atoms with Crippen LogP contribution in [0.15, 0.2) is 46.9 Å². The smallest absolute Gasteiger partial charge is 0.269 e. The zero-order valence-electron chi connectivity index (χ0n) is 11.4. The molecule has 0 heterocycles. The van der Waals surface area contributed by atoms with E-state index < -0.39 is 4.92 Å². The van der Waals surface area contributed by atoms with Gasteiger partial charge in [0.15, 0.2) is 0 Å². The number of hydrogen-bond acceptors (Lipinski definition) is 4. The second-order valence-electron chi connectivity index (χ2n) is 4.70. The molecule has 0 aliphatic carbocycles. The van der Waals surface area contributed by atoms with Gasteiger partial charge in [-0.2, -0.15) is 0 Å². The Morgan fingerprint density at radius 3 is 2.76 bits per heavy atom. The highest BCUT2D eigenvalue weighted by molar-refractivity contribution is 9.10. The predicted molar refractivity (Wildman–Crippen MR) is 84.2 cm³/mol. The number of halogens is 1. The van der Waals surface area contributed by atoms with E-state index in [-0.39, 0.29) is 17.5 Å². The van der Waals surface area contributed by atoms with Gasteiger partial charge in [0.25, 0.3) is 5.69 Å². The van der Waals surface area contributed by atoms with E-state index in [1.54, 1.807) is 18.2 Å². The summed E-state index contributed by atoms with van der Waals surface area (Å²) in [5.74, 6) is 0.205. The Kier molecular flexibility index (Phi) is 4.93. The molecule has 1 atom stereocenters. The van der Waals surface area contributed by atoms with Crippen LogP contribution in [0.25, 0.3) is 0 Å². The Balaban J connectivity index is 2.08. The SMILES string of the molecule is CC(NCc1cccc(Br)c1O)c1cccc([N+](=O)[O-])c1. The topological polar surface area (TPSA) is 75.4 Å². The maximum Gasteiger partial charge on any atom is 0.269 e. The van der Waals surface area contributed by atoms with Crippen LogP contribution in [0.2, 0.25) is 0 Å². The molecule has 0 saturated heterocycles. The van der Waals surface area contributed by atoms with Crippen molar-refractivity contribution in [1.29, 1.82) is 0 Å².